The lowest BCUT2D eigenvalue weighted by atomic mass is 10.2. The Bertz CT molecular complexity index is 248. The number of benzene rings is 1. The number of ether oxygens (including phenoxy) is 1. The van der Waals surface area contributed by atoms with E-state index in [2.05, 4.69) is 35.6 Å². The van der Waals surface area contributed by atoms with Gasteiger partial charge in [-0.3, -0.25) is 0 Å². The Kier molecular flexibility index (Phi) is 7.74. The van der Waals surface area contributed by atoms with Crippen molar-refractivity contribution in [3.8, 4) is 0 Å². The van der Waals surface area contributed by atoms with Crippen LogP contribution in [0.1, 0.15) is 31.7 Å². The molecule has 0 saturated carbocycles. The predicted octanol–water partition coefficient (Wildman–Crippen LogP) is 2.98. The monoisotopic (exact) mass is 221 g/mol. The van der Waals surface area contributed by atoms with E-state index in [4.69, 9.17) is 4.74 Å². The first kappa shape index (κ1) is 13.2. The summed E-state index contributed by atoms with van der Waals surface area (Å²) in [5.74, 6) is 0. The van der Waals surface area contributed by atoms with Crippen LogP contribution in [0.3, 0.4) is 0 Å². The van der Waals surface area contributed by atoms with Gasteiger partial charge in [0.1, 0.15) is 0 Å². The molecule has 0 unspecified atom stereocenters. The van der Waals surface area contributed by atoms with Crippen molar-refractivity contribution in [3.63, 3.8) is 0 Å². The van der Waals surface area contributed by atoms with Gasteiger partial charge in [0.05, 0.1) is 0 Å². The molecule has 0 fully saturated rings. The van der Waals surface area contributed by atoms with E-state index in [0.29, 0.717) is 0 Å². The van der Waals surface area contributed by atoms with Gasteiger partial charge in [-0.2, -0.15) is 0 Å². The predicted molar refractivity (Wildman–Crippen MR) is 68.5 cm³/mol. The van der Waals surface area contributed by atoms with Crippen LogP contribution < -0.4 is 5.32 Å². The number of unbranched alkanes of at least 4 members (excludes halogenated alkanes) is 2. The standard InChI is InChI=1S/C14H23NO/c1-2-16-12-8-4-7-11-15-13-14-9-5-3-6-10-14/h3,5-6,9-10,15H,2,4,7-8,11-13H2,1H3. The number of hydrogen-bond acceptors (Lipinski definition) is 2. The summed E-state index contributed by atoms with van der Waals surface area (Å²) in [6.07, 6.45) is 3.67. The van der Waals surface area contributed by atoms with Crippen LogP contribution in [0, 0.1) is 0 Å². The molecule has 0 aliphatic heterocycles. The normalized spacial score (nSPS) is 10.6. The summed E-state index contributed by atoms with van der Waals surface area (Å²) in [5.41, 5.74) is 1.36. The van der Waals surface area contributed by atoms with Crippen molar-refractivity contribution in [2.75, 3.05) is 19.8 Å². The van der Waals surface area contributed by atoms with Crippen molar-refractivity contribution >= 4 is 0 Å². The topological polar surface area (TPSA) is 21.3 Å². The molecular formula is C14H23NO. The Morgan fingerprint density at radius 2 is 1.88 bits per heavy atom. The van der Waals surface area contributed by atoms with E-state index in [0.717, 1.165) is 26.3 Å². The van der Waals surface area contributed by atoms with Crippen LogP contribution in [-0.4, -0.2) is 19.8 Å². The highest BCUT2D eigenvalue weighted by Gasteiger charge is 1.92. The van der Waals surface area contributed by atoms with Gasteiger partial charge < -0.3 is 10.1 Å². The lowest BCUT2D eigenvalue weighted by molar-refractivity contribution is 0.143. The molecule has 16 heavy (non-hydrogen) atoms. The van der Waals surface area contributed by atoms with Gasteiger partial charge in [-0.25, -0.2) is 0 Å². The summed E-state index contributed by atoms with van der Waals surface area (Å²) >= 11 is 0. The van der Waals surface area contributed by atoms with E-state index >= 15 is 0 Å². The van der Waals surface area contributed by atoms with Crippen molar-refractivity contribution in [1.82, 2.24) is 5.32 Å². The summed E-state index contributed by atoms with van der Waals surface area (Å²) in [5, 5.41) is 3.45. The van der Waals surface area contributed by atoms with Crippen molar-refractivity contribution in [3.05, 3.63) is 35.9 Å². The Morgan fingerprint density at radius 3 is 2.62 bits per heavy atom. The van der Waals surface area contributed by atoms with E-state index in [1.165, 1.54) is 24.8 Å². The average Bonchev–Trinajstić information content (AvgIpc) is 2.34. The molecule has 1 aromatic carbocycles. The molecule has 0 bridgehead atoms. The Labute approximate surface area is 99.0 Å². The molecule has 0 aliphatic rings. The van der Waals surface area contributed by atoms with E-state index in [9.17, 15) is 0 Å². The van der Waals surface area contributed by atoms with Gasteiger partial charge in [-0.05, 0) is 38.3 Å². The fraction of sp³-hybridized carbons (Fsp3) is 0.571. The highest BCUT2D eigenvalue weighted by Crippen LogP contribution is 1.98. The lowest BCUT2D eigenvalue weighted by Gasteiger charge is -2.05. The molecule has 0 saturated heterocycles. The second-order valence-electron chi connectivity index (χ2n) is 3.92. The molecule has 0 amide bonds. The quantitative estimate of drug-likeness (QED) is 0.647. The highest BCUT2D eigenvalue weighted by atomic mass is 16.5. The molecule has 0 radical (unpaired) electrons. The minimum atomic E-state index is 0.840. The Morgan fingerprint density at radius 1 is 1.06 bits per heavy atom. The van der Waals surface area contributed by atoms with Crippen LogP contribution in [0.15, 0.2) is 30.3 Å². The SMILES string of the molecule is CCOCCCCCNCc1ccccc1. The minimum absolute atomic E-state index is 0.840. The molecule has 0 aliphatic carbocycles. The molecule has 0 atom stereocenters. The van der Waals surface area contributed by atoms with Crippen LogP contribution >= 0.6 is 0 Å². The van der Waals surface area contributed by atoms with E-state index in [-0.39, 0.29) is 0 Å². The van der Waals surface area contributed by atoms with Crippen molar-refractivity contribution in [1.29, 1.82) is 0 Å². The molecular weight excluding hydrogens is 198 g/mol. The maximum atomic E-state index is 5.29. The van der Waals surface area contributed by atoms with Gasteiger partial charge in [-0.1, -0.05) is 30.3 Å². The second-order valence-corrected chi connectivity index (χ2v) is 3.92. The third kappa shape index (κ3) is 6.59. The van der Waals surface area contributed by atoms with E-state index in [1.807, 2.05) is 6.92 Å². The van der Waals surface area contributed by atoms with Crippen LogP contribution in [0.2, 0.25) is 0 Å². The number of rotatable bonds is 9. The molecule has 1 N–H and O–H groups in total. The van der Waals surface area contributed by atoms with Crippen molar-refractivity contribution in [2.24, 2.45) is 0 Å². The zero-order valence-electron chi connectivity index (χ0n) is 10.2. The first-order valence-electron chi connectivity index (χ1n) is 6.26. The molecule has 90 valence electrons. The first-order valence-corrected chi connectivity index (χ1v) is 6.26. The lowest BCUT2D eigenvalue weighted by Crippen LogP contribution is -2.14. The van der Waals surface area contributed by atoms with Crippen molar-refractivity contribution < 1.29 is 4.74 Å². The smallest absolute Gasteiger partial charge is 0.0465 e. The minimum Gasteiger partial charge on any atom is -0.382 e. The van der Waals surface area contributed by atoms with Gasteiger partial charge in [0.15, 0.2) is 0 Å². The van der Waals surface area contributed by atoms with Crippen molar-refractivity contribution in [2.45, 2.75) is 32.7 Å². The third-order valence-corrected chi connectivity index (χ3v) is 2.52. The van der Waals surface area contributed by atoms with Gasteiger partial charge in [-0.15, -0.1) is 0 Å². The first-order chi connectivity index (χ1) is 7.93. The third-order valence-electron chi connectivity index (χ3n) is 2.52. The fourth-order valence-corrected chi connectivity index (χ4v) is 1.60. The van der Waals surface area contributed by atoms with Gasteiger partial charge in [0.25, 0.3) is 0 Å². The molecule has 0 spiro atoms. The largest absolute Gasteiger partial charge is 0.382 e. The fourth-order valence-electron chi connectivity index (χ4n) is 1.60. The second kappa shape index (κ2) is 9.37. The molecule has 0 aromatic heterocycles. The highest BCUT2D eigenvalue weighted by molar-refractivity contribution is 5.14. The van der Waals surface area contributed by atoms with Crippen LogP contribution in [-0.2, 0) is 11.3 Å². The Balaban J connectivity index is 1.89. The Hall–Kier alpha value is -0.860. The van der Waals surface area contributed by atoms with E-state index in [1.54, 1.807) is 0 Å². The van der Waals surface area contributed by atoms with Gasteiger partial charge in [0, 0.05) is 19.8 Å². The summed E-state index contributed by atoms with van der Waals surface area (Å²) in [4.78, 5) is 0. The summed E-state index contributed by atoms with van der Waals surface area (Å²) in [6.45, 7) is 5.87. The van der Waals surface area contributed by atoms with Gasteiger partial charge in [0.2, 0.25) is 0 Å². The molecule has 0 heterocycles. The van der Waals surface area contributed by atoms with Gasteiger partial charge >= 0.3 is 0 Å². The van der Waals surface area contributed by atoms with E-state index < -0.39 is 0 Å². The van der Waals surface area contributed by atoms with Crippen LogP contribution in [0.25, 0.3) is 0 Å². The molecule has 2 nitrogen and oxygen atoms in total. The zero-order valence-corrected chi connectivity index (χ0v) is 10.2. The van der Waals surface area contributed by atoms with Crippen LogP contribution in [0.5, 0.6) is 0 Å². The number of nitrogens with one attached hydrogen (secondary N) is 1. The summed E-state index contributed by atoms with van der Waals surface area (Å²) in [6, 6.07) is 10.5. The zero-order chi connectivity index (χ0) is 11.5. The average molecular weight is 221 g/mol. The maximum absolute atomic E-state index is 5.29. The summed E-state index contributed by atoms with van der Waals surface area (Å²) < 4.78 is 5.29. The molecule has 1 rings (SSSR count). The molecule has 1 aromatic rings. The van der Waals surface area contributed by atoms with Crippen LogP contribution in [0.4, 0.5) is 0 Å². The summed E-state index contributed by atoms with van der Waals surface area (Å²) in [7, 11) is 0. The number of hydrogen-bond donors (Lipinski definition) is 1. The molecule has 2 heteroatoms. The maximum Gasteiger partial charge on any atom is 0.0465 e.